The molecule has 6 heteroatoms. The van der Waals surface area contributed by atoms with Gasteiger partial charge in [0.05, 0.1) is 0 Å². The van der Waals surface area contributed by atoms with Crippen molar-refractivity contribution in [2.24, 2.45) is 0 Å². The SMILES string of the molecule is O=P(O)(O)O.Oc1ccccc1C=Cc1ccccc1. The molecular weight excluding hydrogens is 279 g/mol. The molecule has 0 saturated carbocycles. The fraction of sp³-hybridized carbons (Fsp3) is 0. The molecule has 0 fully saturated rings. The highest BCUT2D eigenvalue weighted by Gasteiger charge is 2.00. The van der Waals surface area contributed by atoms with E-state index in [1.54, 1.807) is 6.07 Å². The van der Waals surface area contributed by atoms with Crippen molar-refractivity contribution in [1.82, 2.24) is 0 Å². The minimum Gasteiger partial charge on any atom is -0.507 e. The molecule has 0 bridgehead atoms. The molecule has 0 unspecified atom stereocenters. The van der Waals surface area contributed by atoms with Crippen LogP contribution in [0.3, 0.4) is 0 Å². The Balaban J connectivity index is 0.000000347. The van der Waals surface area contributed by atoms with Gasteiger partial charge in [0.25, 0.3) is 0 Å². The van der Waals surface area contributed by atoms with Crippen molar-refractivity contribution < 1.29 is 24.4 Å². The summed E-state index contributed by atoms with van der Waals surface area (Å²) >= 11 is 0. The number of phosphoric acid groups is 1. The van der Waals surface area contributed by atoms with Gasteiger partial charge >= 0.3 is 7.82 Å². The molecule has 2 aromatic carbocycles. The Labute approximate surface area is 116 Å². The monoisotopic (exact) mass is 294 g/mol. The van der Waals surface area contributed by atoms with Crippen LogP contribution in [0.2, 0.25) is 0 Å². The molecule has 2 aromatic rings. The summed E-state index contributed by atoms with van der Waals surface area (Å²) < 4.78 is 8.88. The largest absolute Gasteiger partial charge is 0.507 e. The second-order valence-electron chi connectivity index (χ2n) is 3.82. The number of phenolic OH excluding ortho intramolecular Hbond substituents is 1. The van der Waals surface area contributed by atoms with Crippen LogP contribution in [0.1, 0.15) is 11.1 Å². The summed E-state index contributed by atoms with van der Waals surface area (Å²) in [6, 6.07) is 17.3. The third-order valence-electron chi connectivity index (χ3n) is 2.19. The molecule has 5 nitrogen and oxygen atoms in total. The third-order valence-corrected chi connectivity index (χ3v) is 2.19. The predicted octanol–water partition coefficient (Wildman–Crippen LogP) is 2.63. The van der Waals surface area contributed by atoms with E-state index >= 15 is 0 Å². The highest BCUT2D eigenvalue weighted by atomic mass is 31.2. The first-order valence-electron chi connectivity index (χ1n) is 5.65. The molecule has 0 atom stereocenters. The van der Waals surface area contributed by atoms with Gasteiger partial charge in [-0.25, -0.2) is 4.57 Å². The molecule has 0 aromatic heterocycles. The molecule has 0 radical (unpaired) electrons. The number of hydrogen-bond acceptors (Lipinski definition) is 2. The lowest BCUT2D eigenvalue weighted by molar-refractivity contribution is 0.275. The Morgan fingerprint density at radius 3 is 1.85 bits per heavy atom. The zero-order chi connectivity index (χ0) is 15.0. The van der Waals surface area contributed by atoms with Gasteiger partial charge in [-0.3, -0.25) is 0 Å². The third kappa shape index (κ3) is 7.51. The normalized spacial score (nSPS) is 10.9. The van der Waals surface area contributed by atoms with Crippen LogP contribution >= 0.6 is 7.82 Å². The molecule has 0 spiro atoms. The molecular formula is C14H15O5P. The van der Waals surface area contributed by atoms with E-state index in [4.69, 9.17) is 19.2 Å². The smallest absolute Gasteiger partial charge is 0.466 e. The number of benzene rings is 2. The molecule has 0 aliphatic carbocycles. The topological polar surface area (TPSA) is 98.0 Å². The standard InChI is InChI=1S/C14H12O.H3O4P/c15-14-9-5-4-8-13(14)11-10-12-6-2-1-3-7-12;1-5(2,3)4/h1-11,15H;(H3,1,2,3,4). The fourth-order valence-corrected chi connectivity index (χ4v) is 1.38. The van der Waals surface area contributed by atoms with Gasteiger partial charge in [0.2, 0.25) is 0 Å². The number of aromatic hydroxyl groups is 1. The van der Waals surface area contributed by atoms with Gasteiger partial charge in [-0.1, -0.05) is 60.7 Å². The fourth-order valence-electron chi connectivity index (χ4n) is 1.38. The minimum atomic E-state index is -4.64. The van der Waals surface area contributed by atoms with Crippen LogP contribution in [0.25, 0.3) is 12.2 Å². The molecule has 2 rings (SSSR count). The predicted molar refractivity (Wildman–Crippen MR) is 77.7 cm³/mol. The minimum absolute atomic E-state index is 0.310. The van der Waals surface area contributed by atoms with Crippen molar-refractivity contribution in [3.8, 4) is 5.75 Å². The summed E-state index contributed by atoms with van der Waals surface area (Å²) in [5.74, 6) is 0.310. The van der Waals surface area contributed by atoms with Gasteiger partial charge in [0.15, 0.2) is 0 Å². The quantitative estimate of drug-likeness (QED) is 0.504. The Kier molecular flexibility index (Phi) is 6.15. The van der Waals surface area contributed by atoms with E-state index < -0.39 is 7.82 Å². The van der Waals surface area contributed by atoms with Gasteiger partial charge in [-0.15, -0.1) is 0 Å². The molecule has 20 heavy (non-hydrogen) atoms. The summed E-state index contributed by atoms with van der Waals surface area (Å²) in [4.78, 5) is 21.6. The van der Waals surface area contributed by atoms with E-state index in [9.17, 15) is 5.11 Å². The maximum absolute atomic E-state index is 9.54. The first-order chi connectivity index (χ1) is 9.36. The average Bonchev–Trinajstić information content (AvgIpc) is 2.37. The van der Waals surface area contributed by atoms with Gasteiger partial charge in [0.1, 0.15) is 5.75 Å². The molecule has 0 aliphatic heterocycles. The number of phenols is 1. The van der Waals surface area contributed by atoms with Crippen LogP contribution < -0.4 is 0 Å². The Bertz CT molecular complexity index is 596. The summed E-state index contributed by atoms with van der Waals surface area (Å²) in [6.07, 6.45) is 3.89. The maximum atomic E-state index is 9.54. The maximum Gasteiger partial charge on any atom is 0.466 e. The first kappa shape index (κ1) is 16.1. The zero-order valence-corrected chi connectivity index (χ0v) is 11.4. The number of rotatable bonds is 2. The molecule has 0 saturated heterocycles. The lowest BCUT2D eigenvalue weighted by Gasteiger charge is -1.97. The summed E-state index contributed by atoms with van der Waals surface area (Å²) in [6.45, 7) is 0. The summed E-state index contributed by atoms with van der Waals surface area (Å²) in [5.41, 5.74) is 1.96. The lowest BCUT2D eigenvalue weighted by Crippen LogP contribution is -1.73. The molecule has 0 amide bonds. The van der Waals surface area contributed by atoms with Crippen molar-refractivity contribution in [1.29, 1.82) is 0 Å². The summed E-state index contributed by atoms with van der Waals surface area (Å²) in [7, 11) is -4.64. The molecule has 0 aliphatic rings. The van der Waals surface area contributed by atoms with Crippen molar-refractivity contribution in [3.05, 3.63) is 65.7 Å². The van der Waals surface area contributed by atoms with Crippen LogP contribution in [-0.4, -0.2) is 19.8 Å². The van der Waals surface area contributed by atoms with E-state index in [-0.39, 0.29) is 0 Å². The van der Waals surface area contributed by atoms with E-state index in [1.807, 2.05) is 60.7 Å². The zero-order valence-electron chi connectivity index (χ0n) is 10.5. The van der Waals surface area contributed by atoms with Gasteiger partial charge in [0, 0.05) is 5.56 Å². The van der Waals surface area contributed by atoms with E-state index in [0.29, 0.717) is 5.75 Å². The van der Waals surface area contributed by atoms with Crippen molar-refractivity contribution in [2.45, 2.75) is 0 Å². The van der Waals surface area contributed by atoms with Crippen LogP contribution in [0.15, 0.2) is 54.6 Å². The van der Waals surface area contributed by atoms with Gasteiger partial charge in [-0.05, 0) is 11.6 Å². The average molecular weight is 294 g/mol. The van der Waals surface area contributed by atoms with Crippen molar-refractivity contribution in [3.63, 3.8) is 0 Å². The van der Waals surface area contributed by atoms with Crippen LogP contribution in [0.5, 0.6) is 5.75 Å². The van der Waals surface area contributed by atoms with Crippen LogP contribution in [0.4, 0.5) is 0 Å². The van der Waals surface area contributed by atoms with Crippen molar-refractivity contribution in [2.75, 3.05) is 0 Å². The van der Waals surface area contributed by atoms with Crippen LogP contribution in [0, 0.1) is 0 Å². The van der Waals surface area contributed by atoms with Crippen molar-refractivity contribution >= 4 is 20.0 Å². The highest BCUT2D eigenvalue weighted by molar-refractivity contribution is 7.45. The highest BCUT2D eigenvalue weighted by Crippen LogP contribution is 2.25. The van der Waals surface area contributed by atoms with Crippen LogP contribution in [-0.2, 0) is 4.57 Å². The Morgan fingerprint density at radius 2 is 1.30 bits per heavy atom. The number of hydrogen-bond donors (Lipinski definition) is 4. The Morgan fingerprint density at radius 1 is 0.800 bits per heavy atom. The second kappa shape index (κ2) is 7.62. The van der Waals surface area contributed by atoms with Gasteiger partial charge in [-0.2, -0.15) is 0 Å². The molecule has 106 valence electrons. The second-order valence-corrected chi connectivity index (χ2v) is 4.84. The van der Waals surface area contributed by atoms with E-state index in [2.05, 4.69) is 0 Å². The van der Waals surface area contributed by atoms with Gasteiger partial charge < -0.3 is 19.8 Å². The first-order valence-corrected chi connectivity index (χ1v) is 7.22. The Hall–Kier alpha value is -1.91. The molecule has 4 N–H and O–H groups in total. The van der Waals surface area contributed by atoms with E-state index in [0.717, 1.165) is 11.1 Å². The summed E-state index contributed by atoms with van der Waals surface area (Å²) in [5, 5.41) is 9.54. The lowest BCUT2D eigenvalue weighted by atomic mass is 10.1. The number of para-hydroxylation sites is 1. The molecule has 0 heterocycles. The van der Waals surface area contributed by atoms with E-state index in [1.165, 1.54) is 0 Å².